The average molecular weight is 1470 g/mol. The average Bonchev–Trinajstić information content (AvgIpc) is 0.697. The summed E-state index contributed by atoms with van der Waals surface area (Å²) in [4.78, 5) is 0. The quantitative estimate of drug-likeness (QED) is 0.120. The van der Waals surface area contributed by atoms with Gasteiger partial charge in [0.05, 0.1) is 0 Å². The first kappa shape index (κ1) is 60.9. The maximum absolute atomic E-state index is 7.39. The molecule has 0 spiro atoms. The number of hydrogen-bond acceptors (Lipinski definition) is 0. The van der Waals surface area contributed by atoms with E-state index < -0.39 is 137 Å². The monoisotopic (exact) mass is 1470 g/mol. The molecule has 0 radical (unpaired) electrons. The van der Waals surface area contributed by atoms with Crippen molar-refractivity contribution in [3.8, 4) is 0 Å². The smallest absolute Gasteiger partial charge is 0.0297 e. The van der Waals surface area contributed by atoms with Gasteiger partial charge >= 0.3 is 0 Å². The Labute approximate surface area is 714 Å². The van der Waals surface area contributed by atoms with Gasteiger partial charge in [-0.2, -0.15) is 0 Å². The van der Waals surface area contributed by atoms with Crippen LogP contribution in [0, 0.1) is 86.2 Å². The van der Waals surface area contributed by atoms with Gasteiger partial charge in [0.15, 0.2) is 0 Å². The van der Waals surface area contributed by atoms with E-state index in [0.29, 0.717) is 23.2 Å². The Morgan fingerprint density at radius 2 is 0.566 bits per heavy atom. The first-order chi connectivity index (χ1) is 62.6. The molecule has 0 nitrogen and oxygen atoms in total. The second kappa shape index (κ2) is 125. The van der Waals surface area contributed by atoms with Crippen LogP contribution in [0.25, 0.3) is 0 Å². The lowest BCUT2D eigenvalue weighted by Crippen LogP contribution is -2.12. The number of unbranched alkanes of at least 4 members (excludes halogenated alkanes) is 10. The van der Waals surface area contributed by atoms with Crippen molar-refractivity contribution in [2.45, 2.75) is 567 Å². The molecule has 0 aliphatic heterocycles. The van der Waals surface area contributed by atoms with Crippen LogP contribution in [-0.4, -0.2) is 0 Å². The van der Waals surface area contributed by atoms with Crippen LogP contribution in [0.2, 0.25) is 0 Å². The largest absolute Gasteiger partial charge is 0.0656 e. The highest BCUT2D eigenvalue weighted by Crippen LogP contribution is 2.24. The van der Waals surface area contributed by atoms with Gasteiger partial charge in [0.2, 0.25) is 0 Å². The molecule has 632 valence electrons. The molecule has 0 N–H and O–H groups in total. The lowest BCUT2D eigenvalue weighted by molar-refractivity contribution is 0.283. The highest BCUT2D eigenvalue weighted by atomic mass is 14.2. The maximum atomic E-state index is 7.39. The summed E-state index contributed by atoms with van der Waals surface area (Å²) >= 11 is 0. The SMILES string of the molecule is CC(C)(C)C.CC(C)C.CC(C)C(C)(C)C.CC(C)C(C)C.CCC.CCC(C)(C)C.CCC(C)C.CCC(C)C.CCCC.CCCC(C)C.CCCCC.CCCCCC.CCCCCCC.[2H]C([2H])([2H])C(C([2H])([2H])[2H])(C([2H])([2H])[2H])C([2H])([2H])C.[2H]C([2H])([2H])C(CC)(C([2H])([2H])[2H])C([2H])([2H])[2H].[2H]C([2H])([2H])C(CC)C([2H])([2H])[2H].[2H]C([2H])([2H])C([2H])(C([2H])([2H])[2H])C([2H])([2H])C.[2H]C([2H])([2H])C([2H])(CC)C([2H])([2H])[2H].[2H]C([2H])([2H])CC. The topological polar surface area (TPSA) is 0 Å². The fourth-order valence-corrected chi connectivity index (χ4v) is 2.11. The Balaban J connectivity index is -0.0000000687. The predicted octanol–water partition coefficient (Wildman–Crippen LogP) is 41.1. The molecule has 0 rings (SSSR count). The molecular weight excluding hydrogens is 1190 g/mol. The second-order valence-corrected chi connectivity index (χ2v) is 31.3. The maximum Gasteiger partial charge on any atom is 0.0297 e. The minimum Gasteiger partial charge on any atom is -0.0656 e. The molecule has 0 aromatic carbocycles. The fraction of sp³-hybridized carbons (Fsp3) is 1.00. The van der Waals surface area contributed by atoms with Crippen molar-refractivity contribution in [3.63, 3.8) is 0 Å². The Morgan fingerprint density at radius 1 is 0.303 bits per heavy atom. The molecule has 0 amide bonds. The zero-order chi connectivity index (χ0) is 123. The van der Waals surface area contributed by atoms with E-state index in [1.165, 1.54) is 142 Å². The second-order valence-electron chi connectivity index (χ2n) is 31.3. The van der Waals surface area contributed by atoms with Gasteiger partial charge in [0, 0.05) is 61.7 Å². The minimum atomic E-state index is -3.48. The first-order valence-corrected chi connectivity index (χ1v) is 40.1. The van der Waals surface area contributed by atoms with E-state index in [2.05, 4.69) is 270 Å². The summed E-state index contributed by atoms with van der Waals surface area (Å²) in [5.74, 6) is -0.620. The fourth-order valence-electron chi connectivity index (χ4n) is 2.11. The molecule has 0 unspecified atom stereocenters. The molecule has 0 saturated carbocycles. The summed E-state index contributed by atoms with van der Waals surface area (Å²) in [7, 11) is 0. The van der Waals surface area contributed by atoms with Crippen LogP contribution in [-0.2, 0) is 0 Å². The van der Waals surface area contributed by atoms with Crippen LogP contribution in [0.5, 0.6) is 0 Å². The molecular formula is C99H236. The Morgan fingerprint density at radius 3 is 0.596 bits per heavy atom. The zero-order valence-corrected chi connectivity index (χ0v) is 77.6. The van der Waals surface area contributed by atoms with Crippen LogP contribution < -0.4 is 0 Å². The van der Waals surface area contributed by atoms with Gasteiger partial charge in [0.25, 0.3) is 0 Å². The van der Waals surface area contributed by atoms with Crippen molar-refractivity contribution in [3.05, 3.63) is 0 Å². The minimum absolute atomic E-state index is 0.160. The summed E-state index contributed by atoms with van der Waals surface area (Å²) < 4.78 is 317. The predicted molar refractivity (Wildman–Crippen MR) is 496 cm³/mol. The number of rotatable bonds is 18. The molecule has 0 aliphatic rings. The van der Waals surface area contributed by atoms with Crippen molar-refractivity contribution < 1.29 is 61.7 Å². The summed E-state index contributed by atoms with van der Waals surface area (Å²) in [6, 6.07) is 0. The zero-order valence-electron chi connectivity index (χ0n) is 123. The number of hydrogen-bond donors (Lipinski definition) is 0. The molecule has 0 heteroatoms. The summed E-state index contributed by atoms with van der Waals surface area (Å²) in [6.07, 6.45) is 21.3. The van der Waals surface area contributed by atoms with E-state index in [0.717, 1.165) is 48.3 Å². The van der Waals surface area contributed by atoms with Crippen LogP contribution >= 0.6 is 0 Å². The van der Waals surface area contributed by atoms with Gasteiger partial charge in [-0.15, -0.1) is 0 Å². The molecule has 99 heavy (non-hydrogen) atoms. The van der Waals surface area contributed by atoms with Gasteiger partial charge in [-0.1, -0.05) is 567 Å². The molecule has 0 aliphatic carbocycles. The highest BCUT2D eigenvalue weighted by Gasteiger charge is 2.14. The molecule has 0 saturated heterocycles. The van der Waals surface area contributed by atoms with Gasteiger partial charge in [-0.25, -0.2) is 0 Å². The van der Waals surface area contributed by atoms with Crippen LogP contribution in [0.1, 0.15) is 629 Å². The van der Waals surface area contributed by atoms with E-state index in [4.69, 9.17) is 61.7 Å². The lowest BCUT2D eigenvalue weighted by atomic mass is 9.84. The van der Waals surface area contributed by atoms with Crippen molar-refractivity contribution in [2.24, 2.45) is 86.2 Å². The van der Waals surface area contributed by atoms with E-state index in [1.54, 1.807) is 13.8 Å². The van der Waals surface area contributed by atoms with Crippen molar-refractivity contribution in [1.29, 1.82) is 0 Å². The normalized spacial score (nSPS) is 18.9. The highest BCUT2D eigenvalue weighted by molar-refractivity contribution is 4.64. The van der Waals surface area contributed by atoms with Gasteiger partial charge in [0.1, 0.15) is 0 Å². The third kappa shape index (κ3) is 512. The molecule has 0 fully saturated rings. The van der Waals surface area contributed by atoms with Crippen LogP contribution in [0.3, 0.4) is 0 Å². The van der Waals surface area contributed by atoms with Crippen molar-refractivity contribution in [1.82, 2.24) is 0 Å². The Hall–Kier alpha value is 0. The van der Waals surface area contributed by atoms with Gasteiger partial charge in [-0.3, -0.25) is 0 Å². The molecule has 0 aromatic rings. The third-order valence-corrected chi connectivity index (χ3v) is 11.9. The van der Waals surface area contributed by atoms with E-state index >= 15 is 0 Å². The van der Waals surface area contributed by atoms with Crippen LogP contribution in [0.15, 0.2) is 0 Å². The van der Waals surface area contributed by atoms with Crippen LogP contribution in [0.4, 0.5) is 0 Å². The van der Waals surface area contributed by atoms with E-state index in [1.807, 2.05) is 0 Å². The third-order valence-electron chi connectivity index (χ3n) is 11.9. The molecule has 0 atom stereocenters. The van der Waals surface area contributed by atoms with E-state index in [9.17, 15) is 0 Å². The lowest BCUT2D eigenvalue weighted by Gasteiger charge is -2.22. The summed E-state index contributed by atoms with van der Waals surface area (Å²) in [6.45, 7) is 55.9. The molecule has 0 heterocycles. The Bertz CT molecular complexity index is 2420. The van der Waals surface area contributed by atoms with Gasteiger partial charge < -0.3 is 0 Å². The Kier molecular flexibility index (Phi) is 76.6. The summed E-state index contributed by atoms with van der Waals surface area (Å²) in [5, 5.41) is 0. The summed E-state index contributed by atoms with van der Waals surface area (Å²) in [5.41, 5.74) is -4.52. The van der Waals surface area contributed by atoms with Crippen molar-refractivity contribution >= 4 is 0 Å². The van der Waals surface area contributed by atoms with Crippen molar-refractivity contribution in [2.75, 3.05) is 0 Å². The first-order valence-electron chi connectivity index (χ1n) is 62.6. The standard InChI is InChI=1S/2C7H16.6C6H14.7C5H12.2C4H10.2C3H8/c1-6(2)7(3,4)5;1-3-5-7-6-4-2;3*1-5-6(2,3)4;1-5(2)6(3)4;1-4-5-6(2)3;1-3-5-6-4-2;1-5(2,3)4;5*1-4-5(2)3;1-3-5-4-2;1-4(2)3;1-3-4-2;2*1-3-2/h6H,1-5H3;3-7H2,1-2H3;3*5H2,1-4H3;5-6H,1-4H3;6H,4-5H2,1-3H3;3-6H2,1-2H3;1-4H3;5*5H,4H2,1-3H3;3-5H2,1-2H3;4H,1-3H3;3-4H2,1-2H3;2*3H2,1-2H3/i;;2D3,3D3,4D3,5D2;2D3,3D3,4D3;;;;;;2D3,3D3,4D2,5D;2D3,3D3,5D;2D3,3D3;;;;;;1D3;. The molecule has 0 bridgehead atoms. The van der Waals surface area contributed by atoms with Gasteiger partial charge in [-0.05, 0) is 86.2 Å². The molecule has 0 aromatic heterocycles. The van der Waals surface area contributed by atoms with E-state index in [-0.39, 0.29) is 19.3 Å².